The van der Waals surface area contributed by atoms with Gasteiger partial charge in [-0.25, -0.2) is 0 Å². The normalized spacial score (nSPS) is 30.1. The largest absolute Gasteiger partial charge is 0.487 e. The Hall–Kier alpha value is -1.71. The van der Waals surface area contributed by atoms with Gasteiger partial charge in [-0.05, 0) is 32.3 Å². The molecule has 1 heterocycles. The van der Waals surface area contributed by atoms with Gasteiger partial charge in [0.25, 0.3) is 0 Å². The van der Waals surface area contributed by atoms with Crippen molar-refractivity contribution in [2.45, 2.75) is 51.3 Å². The molecule has 1 aromatic rings. The van der Waals surface area contributed by atoms with E-state index in [0.717, 1.165) is 24.0 Å². The van der Waals surface area contributed by atoms with Crippen molar-refractivity contribution >= 4 is 5.96 Å². The van der Waals surface area contributed by atoms with Crippen LogP contribution in [-0.4, -0.2) is 24.7 Å². The summed E-state index contributed by atoms with van der Waals surface area (Å²) in [6, 6.07) is 9.06. The molecule has 114 valence electrons. The Labute approximate surface area is 127 Å². The van der Waals surface area contributed by atoms with Crippen LogP contribution in [0, 0.1) is 5.92 Å². The standard InChI is InChI=1S/C17H25N3O/c1-11-9-13(11)19-16(18-4)20-14-10-17(2,3)21-15-8-6-5-7-12(14)15/h5-8,11,13-14H,9-10H2,1-4H3,(H2,18,19,20). The van der Waals surface area contributed by atoms with Crippen LogP contribution in [0.4, 0.5) is 0 Å². The zero-order chi connectivity index (χ0) is 15.0. The second-order valence-electron chi connectivity index (χ2n) is 6.84. The number of fused-ring (bicyclic) bond motifs is 1. The predicted octanol–water partition coefficient (Wildman–Crippen LogP) is 2.86. The average molecular weight is 287 g/mol. The zero-order valence-corrected chi connectivity index (χ0v) is 13.3. The molecule has 0 radical (unpaired) electrons. The number of hydrogen-bond acceptors (Lipinski definition) is 2. The maximum atomic E-state index is 6.07. The van der Waals surface area contributed by atoms with Gasteiger partial charge in [-0.3, -0.25) is 4.99 Å². The van der Waals surface area contributed by atoms with Gasteiger partial charge in [0.15, 0.2) is 5.96 Å². The second kappa shape index (κ2) is 5.24. The molecule has 0 aromatic heterocycles. The molecule has 0 bridgehead atoms. The third kappa shape index (κ3) is 3.14. The van der Waals surface area contributed by atoms with Crippen LogP contribution in [0.25, 0.3) is 0 Å². The number of rotatable bonds is 2. The highest BCUT2D eigenvalue weighted by atomic mass is 16.5. The van der Waals surface area contributed by atoms with E-state index in [0.29, 0.717) is 6.04 Å². The van der Waals surface area contributed by atoms with Crippen molar-refractivity contribution in [1.82, 2.24) is 10.6 Å². The van der Waals surface area contributed by atoms with Crippen molar-refractivity contribution in [2.75, 3.05) is 7.05 Å². The first-order valence-corrected chi connectivity index (χ1v) is 7.76. The summed E-state index contributed by atoms with van der Waals surface area (Å²) < 4.78 is 6.07. The highest BCUT2D eigenvalue weighted by Gasteiger charge is 2.36. The molecule has 0 spiro atoms. The number of nitrogens with one attached hydrogen (secondary N) is 2. The average Bonchev–Trinajstić information content (AvgIpc) is 3.12. The van der Waals surface area contributed by atoms with Gasteiger partial charge in [-0.15, -0.1) is 0 Å². The Morgan fingerprint density at radius 3 is 2.67 bits per heavy atom. The fraction of sp³-hybridized carbons (Fsp3) is 0.588. The Balaban J connectivity index is 1.77. The van der Waals surface area contributed by atoms with Crippen LogP contribution in [0.1, 0.15) is 45.2 Å². The van der Waals surface area contributed by atoms with Crippen molar-refractivity contribution in [3.63, 3.8) is 0 Å². The second-order valence-corrected chi connectivity index (χ2v) is 6.84. The summed E-state index contributed by atoms with van der Waals surface area (Å²) in [5, 5.41) is 7.06. The molecule has 0 amide bonds. The van der Waals surface area contributed by atoms with Crippen LogP contribution < -0.4 is 15.4 Å². The number of aliphatic imine (C=N–C) groups is 1. The van der Waals surface area contributed by atoms with E-state index in [2.05, 4.69) is 48.5 Å². The van der Waals surface area contributed by atoms with Crippen LogP contribution in [0.5, 0.6) is 5.75 Å². The van der Waals surface area contributed by atoms with Crippen LogP contribution in [-0.2, 0) is 0 Å². The van der Waals surface area contributed by atoms with E-state index in [1.165, 1.54) is 12.0 Å². The minimum Gasteiger partial charge on any atom is -0.487 e. The highest BCUT2D eigenvalue weighted by Crippen LogP contribution is 2.39. The molecule has 2 aliphatic rings. The van der Waals surface area contributed by atoms with Crippen LogP contribution in [0.15, 0.2) is 29.3 Å². The molecule has 3 rings (SSSR count). The Morgan fingerprint density at radius 1 is 1.29 bits per heavy atom. The predicted molar refractivity (Wildman–Crippen MR) is 85.7 cm³/mol. The summed E-state index contributed by atoms with van der Waals surface area (Å²) in [5.74, 6) is 2.62. The molecule has 1 saturated carbocycles. The Morgan fingerprint density at radius 2 is 2.00 bits per heavy atom. The van der Waals surface area contributed by atoms with Gasteiger partial charge in [-0.2, -0.15) is 0 Å². The van der Waals surface area contributed by atoms with E-state index >= 15 is 0 Å². The number of nitrogens with zero attached hydrogens (tertiary/aromatic N) is 1. The number of para-hydroxylation sites is 1. The molecule has 4 heteroatoms. The first-order valence-electron chi connectivity index (χ1n) is 7.76. The lowest BCUT2D eigenvalue weighted by Gasteiger charge is -2.38. The van der Waals surface area contributed by atoms with Gasteiger partial charge in [0.1, 0.15) is 11.4 Å². The van der Waals surface area contributed by atoms with Gasteiger partial charge < -0.3 is 15.4 Å². The fourth-order valence-electron chi connectivity index (χ4n) is 2.97. The van der Waals surface area contributed by atoms with Crippen LogP contribution >= 0.6 is 0 Å². The SMILES string of the molecule is CN=C(NC1CC(C)(C)Oc2ccccc21)NC1CC1C. The van der Waals surface area contributed by atoms with Crippen LogP contribution in [0.2, 0.25) is 0 Å². The molecule has 1 aliphatic carbocycles. The summed E-state index contributed by atoms with van der Waals surface area (Å²) in [5.41, 5.74) is 1.04. The first kappa shape index (κ1) is 14.2. The monoisotopic (exact) mass is 287 g/mol. The van der Waals surface area contributed by atoms with Crippen molar-refractivity contribution in [3.05, 3.63) is 29.8 Å². The number of guanidine groups is 1. The maximum absolute atomic E-state index is 6.07. The molecule has 3 unspecified atom stereocenters. The third-order valence-corrected chi connectivity index (χ3v) is 4.34. The Kier molecular flexibility index (Phi) is 3.56. The Bertz CT molecular complexity index is 553. The molecule has 1 aromatic carbocycles. The van der Waals surface area contributed by atoms with E-state index < -0.39 is 0 Å². The minimum atomic E-state index is -0.169. The number of hydrogen-bond donors (Lipinski definition) is 2. The lowest BCUT2D eigenvalue weighted by atomic mass is 9.90. The van der Waals surface area contributed by atoms with Crippen molar-refractivity contribution < 1.29 is 4.74 Å². The number of benzene rings is 1. The van der Waals surface area contributed by atoms with E-state index in [1.54, 1.807) is 0 Å². The molecule has 1 aliphatic heterocycles. The summed E-state index contributed by atoms with van der Waals surface area (Å²) in [7, 11) is 1.83. The quantitative estimate of drug-likeness (QED) is 0.649. The molecule has 0 saturated heterocycles. The smallest absolute Gasteiger partial charge is 0.191 e. The van der Waals surface area contributed by atoms with E-state index in [4.69, 9.17) is 4.74 Å². The molecule has 1 fully saturated rings. The zero-order valence-electron chi connectivity index (χ0n) is 13.3. The summed E-state index contributed by atoms with van der Waals surface area (Å²) in [6.07, 6.45) is 2.15. The molecular formula is C17H25N3O. The van der Waals surface area contributed by atoms with Crippen LogP contribution in [0.3, 0.4) is 0 Å². The summed E-state index contributed by atoms with van der Waals surface area (Å²) >= 11 is 0. The van der Waals surface area contributed by atoms with Gasteiger partial charge in [0.2, 0.25) is 0 Å². The molecule has 21 heavy (non-hydrogen) atoms. The van der Waals surface area contributed by atoms with E-state index in [1.807, 2.05) is 19.2 Å². The van der Waals surface area contributed by atoms with E-state index in [9.17, 15) is 0 Å². The van der Waals surface area contributed by atoms with Gasteiger partial charge in [-0.1, -0.05) is 25.1 Å². The fourth-order valence-corrected chi connectivity index (χ4v) is 2.97. The summed E-state index contributed by atoms with van der Waals surface area (Å²) in [4.78, 5) is 4.37. The molecule has 3 atom stereocenters. The molecule has 2 N–H and O–H groups in total. The third-order valence-electron chi connectivity index (χ3n) is 4.34. The van der Waals surface area contributed by atoms with Gasteiger partial charge in [0, 0.05) is 25.1 Å². The molecular weight excluding hydrogens is 262 g/mol. The first-order chi connectivity index (χ1) is 9.98. The lowest BCUT2D eigenvalue weighted by molar-refractivity contribution is 0.0694. The minimum absolute atomic E-state index is 0.169. The van der Waals surface area contributed by atoms with Crippen molar-refractivity contribution in [1.29, 1.82) is 0 Å². The van der Waals surface area contributed by atoms with Crippen molar-refractivity contribution in [3.8, 4) is 5.75 Å². The van der Waals surface area contributed by atoms with Crippen molar-refractivity contribution in [2.24, 2.45) is 10.9 Å². The summed E-state index contributed by atoms with van der Waals surface area (Å²) in [6.45, 7) is 6.53. The maximum Gasteiger partial charge on any atom is 0.191 e. The van der Waals surface area contributed by atoms with E-state index in [-0.39, 0.29) is 11.6 Å². The van der Waals surface area contributed by atoms with Gasteiger partial charge >= 0.3 is 0 Å². The topological polar surface area (TPSA) is 45.7 Å². The van der Waals surface area contributed by atoms with Gasteiger partial charge in [0.05, 0.1) is 6.04 Å². The number of ether oxygens (including phenoxy) is 1. The molecule has 4 nitrogen and oxygen atoms in total. The lowest BCUT2D eigenvalue weighted by Crippen LogP contribution is -2.46. The highest BCUT2D eigenvalue weighted by molar-refractivity contribution is 5.81.